The van der Waals surface area contributed by atoms with Gasteiger partial charge in [-0.15, -0.1) is 11.8 Å². The van der Waals surface area contributed by atoms with Crippen molar-refractivity contribution < 1.29 is 14.3 Å². The topological polar surface area (TPSA) is 35.5 Å². The third-order valence-corrected chi connectivity index (χ3v) is 5.02. The van der Waals surface area contributed by atoms with Crippen molar-refractivity contribution in [2.75, 3.05) is 6.61 Å². The van der Waals surface area contributed by atoms with Crippen molar-refractivity contribution in [2.24, 2.45) is 5.92 Å². The highest BCUT2D eigenvalue weighted by molar-refractivity contribution is 8.03. The van der Waals surface area contributed by atoms with Crippen molar-refractivity contribution in [3.8, 4) is 0 Å². The number of ether oxygens (including phenoxy) is 2. The van der Waals surface area contributed by atoms with E-state index in [0.29, 0.717) is 12.2 Å². The van der Waals surface area contributed by atoms with Gasteiger partial charge in [0, 0.05) is 18.9 Å². The zero-order valence-corrected chi connectivity index (χ0v) is 12.7. The maximum atomic E-state index is 12.0. The first kappa shape index (κ1) is 15.1. The van der Waals surface area contributed by atoms with Gasteiger partial charge in [0.1, 0.15) is 5.78 Å². The van der Waals surface area contributed by atoms with E-state index in [4.69, 9.17) is 9.47 Å². The Labute approximate surface area is 120 Å². The van der Waals surface area contributed by atoms with E-state index in [1.807, 2.05) is 6.92 Å². The molecule has 4 heteroatoms. The lowest BCUT2D eigenvalue weighted by Gasteiger charge is -2.31. The molecule has 0 saturated carbocycles. The van der Waals surface area contributed by atoms with E-state index < -0.39 is 0 Å². The molecule has 2 aliphatic rings. The molecule has 4 unspecified atom stereocenters. The fraction of sp³-hybridized carbons (Fsp3) is 0.800. The van der Waals surface area contributed by atoms with E-state index in [-0.39, 0.29) is 23.6 Å². The third kappa shape index (κ3) is 3.83. The van der Waals surface area contributed by atoms with Gasteiger partial charge in [0.2, 0.25) is 0 Å². The minimum atomic E-state index is -0.0740. The van der Waals surface area contributed by atoms with E-state index in [1.165, 1.54) is 6.42 Å². The Morgan fingerprint density at radius 3 is 2.95 bits per heavy atom. The fourth-order valence-electron chi connectivity index (χ4n) is 2.70. The minimum Gasteiger partial charge on any atom is -0.353 e. The maximum absolute atomic E-state index is 12.0. The number of thioether (sulfide) groups is 1. The number of hydrogen-bond donors (Lipinski definition) is 0. The smallest absolute Gasteiger partial charge is 0.157 e. The van der Waals surface area contributed by atoms with Gasteiger partial charge in [-0.1, -0.05) is 19.9 Å². The number of ketones is 1. The number of carbonyl (C=O) groups excluding carboxylic acids is 1. The van der Waals surface area contributed by atoms with Crippen molar-refractivity contribution in [3.63, 3.8) is 0 Å². The molecule has 1 saturated heterocycles. The SMILES string of the molecule is CCC(=O)C1SC=CC1C(CC)OC1CCCCO1. The molecule has 1 fully saturated rings. The summed E-state index contributed by atoms with van der Waals surface area (Å²) >= 11 is 1.64. The Morgan fingerprint density at radius 2 is 2.32 bits per heavy atom. The second-order valence-electron chi connectivity index (χ2n) is 5.16. The van der Waals surface area contributed by atoms with Crippen LogP contribution in [-0.2, 0) is 14.3 Å². The molecule has 0 amide bonds. The lowest BCUT2D eigenvalue weighted by Crippen LogP contribution is -2.37. The molecule has 0 bridgehead atoms. The van der Waals surface area contributed by atoms with Crippen molar-refractivity contribution in [3.05, 3.63) is 11.5 Å². The molecule has 2 rings (SSSR count). The van der Waals surface area contributed by atoms with Crippen LogP contribution >= 0.6 is 11.8 Å². The van der Waals surface area contributed by atoms with E-state index in [9.17, 15) is 4.79 Å². The van der Waals surface area contributed by atoms with Crippen molar-refractivity contribution in [1.82, 2.24) is 0 Å². The van der Waals surface area contributed by atoms with Crippen LogP contribution in [-0.4, -0.2) is 30.0 Å². The monoisotopic (exact) mass is 284 g/mol. The summed E-state index contributed by atoms with van der Waals surface area (Å²) in [6.07, 6.45) is 6.96. The molecule has 0 aromatic rings. The quantitative estimate of drug-likeness (QED) is 0.747. The Hall–Kier alpha value is -0.320. The molecule has 0 spiro atoms. The van der Waals surface area contributed by atoms with Crippen LogP contribution in [0.2, 0.25) is 0 Å². The van der Waals surface area contributed by atoms with Gasteiger partial charge < -0.3 is 9.47 Å². The maximum Gasteiger partial charge on any atom is 0.157 e. The summed E-state index contributed by atoms with van der Waals surface area (Å²) in [5, 5.41) is 2.09. The van der Waals surface area contributed by atoms with Gasteiger partial charge >= 0.3 is 0 Å². The van der Waals surface area contributed by atoms with Gasteiger partial charge in [-0.3, -0.25) is 4.79 Å². The molecule has 108 valence electrons. The molecule has 2 heterocycles. The molecule has 4 atom stereocenters. The van der Waals surface area contributed by atoms with E-state index in [0.717, 1.165) is 25.9 Å². The Morgan fingerprint density at radius 1 is 1.47 bits per heavy atom. The second-order valence-corrected chi connectivity index (χ2v) is 6.21. The van der Waals surface area contributed by atoms with E-state index in [2.05, 4.69) is 18.4 Å². The van der Waals surface area contributed by atoms with Gasteiger partial charge in [0.25, 0.3) is 0 Å². The second kappa shape index (κ2) is 7.46. The molecular formula is C15H24O3S. The third-order valence-electron chi connectivity index (χ3n) is 3.84. The minimum absolute atomic E-state index is 0.0403. The van der Waals surface area contributed by atoms with E-state index in [1.54, 1.807) is 11.8 Å². The summed E-state index contributed by atoms with van der Waals surface area (Å²) in [5.74, 6) is 0.527. The van der Waals surface area contributed by atoms with Crippen LogP contribution in [0.25, 0.3) is 0 Å². The predicted octanol–water partition coefficient (Wildman–Crippen LogP) is 3.53. The highest BCUT2D eigenvalue weighted by Crippen LogP contribution is 2.36. The average Bonchev–Trinajstić information content (AvgIpc) is 2.94. The first-order valence-corrected chi connectivity index (χ1v) is 8.32. The fourth-order valence-corrected chi connectivity index (χ4v) is 3.90. The van der Waals surface area contributed by atoms with Crippen LogP contribution in [0.15, 0.2) is 11.5 Å². The first-order valence-electron chi connectivity index (χ1n) is 7.38. The van der Waals surface area contributed by atoms with Crippen LogP contribution < -0.4 is 0 Å². The largest absolute Gasteiger partial charge is 0.353 e. The van der Waals surface area contributed by atoms with Gasteiger partial charge in [0.05, 0.1) is 11.4 Å². The van der Waals surface area contributed by atoms with E-state index >= 15 is 0 Å². The van der Waals surface area contributed by atoms with Crippen LogP contribution in [0.3, 0.4) is 0 Å². The van der Waals surface area contributed by atoms with Crippen molar-refractivity contribution >= 4 is 17.5 Å². The average molecular weight is 284 g/mol. The molecule has 0 aromatic heterocycles. The standard InChI is InChI=1S/C15H24O3S/c1-3-12(16)15-11(8-10-19-15)13(4-2)18-14-7-5-6-9-17-14/h8,10-11,13-15H,3-7,9H2,1-2H3. The Balaban J connectivity index is 1.95. The molecule has 0 radical (unpaired) electrons. The Bertz CT molecular complexity index is 323. The number of hydrogen-bond acceptors (Lipinski definition) is 4. The van der Waals surface area contributed by atoms with Gasteiger partial charge in [-0.05, 0) is 31.1 Å². The Kier molecular flexibility index (Phi) is 5.92. The van der Waals surface area contributed by atoms with Crippen LogP contribution in [0.1, 0.15) is 46.0 Å². The summed E-state index contributed by atoms with van der Waals surface area (Å²) < 4.78 is 11.8. The van der Waals surface area contributed by atoms with Gasteiger partial charge in [0.15, 0.2) is 6.29 Å². The van der Waals surface area contributed by atoms with Gasteiger partial charge in [-0.25, -0.2) is 0 Å². The summed E-state index contributed by atoms with van der Waals surface area (Å²) in [6.45, 7) is 4.86. The van der Waals surface area contributed by atoms with Gasteiger partial charge in [-0.2, -0.15) is 0 Å². The van der Waals surface area contributed by atoms with Crippen LogP contribution in [0.5, 0.6) is 0 Å². The molecule has 19 heavy (non-hydrogen) atoms. The zero-order chi connectivity index (χ0) is 13.7. The highest BCUT2D eigenvalue weighted by atomic mass is 32.2. The molecule has 0 N–H and O–H groups in total. The summed E-state index contributed by atoms with van der Waals surface area (Å²) in [4.78, 5) is 12.0. The normalized spacial score (nSPS) is 32.4. The number of Topliss-reactive ketones (excluding diaryl/α,β-unsaturated/α-hetero) is 1. The number of rotatable bonds is 6. The van der Waals surface area contributed by atoms with Crippen molar-refractivity contribution in [1.29, 1.82) is 0 Å². The number of carbonyl (C=O) groups is 1. The highest BCUT2D eigenvalue weighted by Gasteiger charge is 2.36. The summed E-state index contributed by atoms with van der Waals surface area (Å²) in [7, 11) is 0. The van der Waals surface area contributed by atoms with Crippen LogP contribution in [0.4, 0.5) is 0 Å². The first-order chi connectivity index (χ1) is 9.26. The molecule has 3 nitrogen and oxygen atoms in total. The molecule has 2 aliphatic heterocycles. The lowest BCUT2D eigenvalue weighted by molar-refractivity contribution is -0.195. The molecule has 0 aliphatic carbocycles. The zero-order valence-electron chi connectivity index (χ0n) is 11.8. The summed E-state index contributed by atoms with van der Waals surface area (Å²) in [5.41, 5.74) is 0. The van der Waals surface area contributed by atoms with Crippen LogP contribution in [0, 0.1) is 5.92 Å². The molecular weight excluding hydrogens is 260 g/mol. The lowest BCUT2D eigenvalue weighted by atomic mass is 9.93. The summed E-state index contributed by atoms with van der Waals surface area (Å²) in [6, 6.07) is 0. The molecule has 0 aromatic carbocycles. The predicted molar refractivity (Wildman–Crippen MR) is 78.1 cm³/mol. The van der Waals surface area contributed by atoms with Crippen molar-refractivity contribution in [2.45, 2.75) is 63.6 Å².